The Hall–Kier alpha value is -1.96. The van der Waals surface area contributed by atoms with Gasteiger partial charge < -0.3 is 19.3 Å². The van der Waals surface area contributed by atoms with E-state index in [-0.39, 0.29) is 28.1 Å². The number of ether oxygens (including phenoxy) is 3. The van der Waals surface area contributed by atoms with Crippen LogP contribution in [0.1, 0.15) is 42.0 Å². The largest absolute Gasteiger partial charge is 0.481 e. The van der Waals surface area contributed by atoms with Crippen molar-refractivity contribution in [1.29, 1.82) is 0 Å². The van der Waals surface area contributed by atoms with Crippen LogP contribution in [-0.2, 0) is 33.4 Å². The Morgan fingerprint density at radius 3 is 2.27 bits per heavy atom. The topological polar surface area (TPSA) is 116 Å². The van der Waals surface area contributed by atoms with Gasteiger partial charge in [0, 0.05) is 15.0 Å². The summed E-state index contributed by atoms with van der Waals surface area (Å²) in [4.78, 5) is 44.4. The summed E-state index contributed by atoms with van der Waals surface area (Å²) in [6.45, 7) is 2.06. The van der Waals surface area contributed by atoms with E-state index < -0.39 is 42.5 Å². The predicted octanol–water partition coefficient (Wildman–Crippen LogP) is 1.20. The van der Waals surface area contributed by atoms with Gasteiger partial charge in [-0.2, -0.15) is 0 Å². The second-order valence-corrected chi connectivity index (χ2v) is 4.36. The number of methoxy groups -OCH3 is 1. The highest BCUT2D eigenvalue weighted by molar-refractivity contribution is 5.84. The number of esters is 2. The number of ketones is 1. The van der Waals surface area contributed by atoms with E-state index in [4.69, 9.17) is 14.6 Å². The Bertz CT molecular complexity index is 396. The van der Waals surface area contributed by atoms with Gasteiger partial charge in [-0.3, -0.25) is 9.59 Å². The Morgan fingerprint density at radius 2 is 1.82 bits per heavy atom. The van der Waals surface area contributed by atoms with E-state index in [0.29, 0.717) is 0 Å². The lowest BCUT2D eigenvalue weighted by atomic mass is 10.1. The third-order valence-electron chi connectivity index (χ3n) is 2.60. The minimum atomic E-state index is -1.03. The molecule has 0 aromatic rings. The summed E-state index contributed by atoms with van der Waals surface area (Å²) >= 11 is 0. The first-order valence-corrected chi connectivity index (χ1v) is 6.39. The molecule has 0 bridgehead atoms. The number of carbonyl (C=O) groups excluding carboxylic acids is 3. The highest BCUT2D eigenvalue weighted by atomic mass is 16.6. The maximum Gasteiger partial charge on any atom is 0.344 e. The second-order valence-electron chi connectivity index (χ2n) is 4.36. The van der Waals surface area contributed by atoms with Gasteiger partial charge in [0.15, 0.2) is 24.6 Å². The van der Waals surface area contributed by atoms with Crippen LogP contribution in [0.3, 0.4) is 0 Å². The third-order valence-corrected chi connectivity index (χ3v) is 2.60. The third kappa shape index (κ3) is 9.87. The molecule has 22 heavy (non-hydrogen) atoms. The van der Waals surface area contributed by atoms with Crippen molar-refractivity contribution in [2.24, 2.45) is 0 Å². The lowest BCUT2D eigenvalue weighted by Crippen LogP contribution is -2.30. The maximum atomic E-state index is 11.5. The van der Waals surface area contributed by atoms with E-state index in [0.717, 1.165) is 0 Å². The normalized spacial score (nSPS) is 12.5. The fourth-order valence-corrected chi connectivity index (χ4v) is 1.32. The van der Waals surface area contributed by atoms with Crippen molar-refractivity contribution < 1.29 is 39.9 Å². The van der Waals surface area contributed by atoms with Gasteiger partial charge in [0.2, 0.25) is 0 Å². The number of carboxylic acid groups (broad SMARTS) is 1. The van der Waals surface area contributed by atoms with E-state index in [9.17, 15) is 19.2 Å². The summed E-state index contributed by atoms with van der Waals surface area (Å²) in [6.07, 6.45) is -1.66. The number of hydrogen-bond acceptors (Lipinski definition) is 7. The van der Waals surface area contributed by atoms with Crippen LogP contribution in [0.5, 0.6) is 0 Å². The van der Waals surface area contributed by atoms with Gasteiger partial charge >= 0.3 is 17.9 Å². The minimum absolute atomic E-state index is 0. The van der Waals surface area contributed by atoms with E-state index in [1.165, 1.54) is 21.0 Å². The molecule has 8 heteroatoms. The molecule has 0 aliphatic heterocycles. The first-order chi connectivity index (χ1) is 9.77. The van der Waals surface area contributed by atoms with Crippen LogP contribution in [0.4, 0.5) is 0 Å². The Morgan fingerprint density at radius 1 is 1.23 bits per heavy atom. The predicted molar refractivity (Wildman–Crippen MR) is 78.3 cm³/mol. The van der Waals surface area contributed by atoms with Crippen molar-refractivity contribution >= 4 is 23.7 Å². The van der Waals surface area contributed by atoms with Crippen molar-refractivity contribution in [3.8, 4) is 0 Å². The molecule has 0 saturated heterocycles. The van der Waals surface area contributed by atoms with Crippen LogP contribution in [-0.4, -0.2) is 54.7 Å². The highest BCUT2D eigenvalue weighted by Gasteiger charge is 2.21. The molecule has 0 aromatic carbocycles. The average Bonchev–Trinajstić information content (AvgIpc) is 2.42. The minimum Gasteiger partial charge on any atom is -0.481 e. The molecule has 2 atom stereocenters. The number of rotatable bonds is 10. The molecule has 0 radical (unpaired) electrons. The molecule has 1 N–H and O–H groups in total. The molecule has 0 rings (SSSR count). The van der Waals surface area contributed by atoms with Crippen molar-refractivity contribution in [1.82, 2.24) is 0 Å². The highest BCUT2D eigenvalue weighted by Crippen LogP contribution is 2.07. The zero-order valence-corrected chi connectivity index (χ0v) is 12.3. The van der Waals surface area contributed by atoms with Crippen molar-refractivity contribution in [3.63, 3.8) is 0 Å². The van der Waals surface area contributed by atoms with Crippen molar-refractivity contribution in [2.45, 2.75) is 52.7 Å². The molecular weight excluding hydrogens is 296 g/mol. The molecule has 8 nitrogen and oxygen atoms in total. The van der Waals surface area contributed by atoms with Crippen LogP contribution in [0.15, 0.2) is 0 Å². The molecule has 0 aliphatic carbocycles. The van der Waals surface area contributed by atoms with Gasteiger partial charge in [-0.1, -0.05) is 7.43 Å². The molecular formula is C14H26O8. The summed E-state index contributed by atoms with van der Waals surface area (Å²) < 4.78 is 14.2. The first-order valence-electron chi connectivity index (χ1n) is 6.39. The zero-order chi connectivity index (χ0) is 16.4. The molecule has 0 saturated carbocycles. The smallest absolute Gasteiger partial charge is 0.344 e. The Kier molecular flexibility index (Phi) is 11.8. The molecule has 0 amide bonds. The van der Waals surface area contributed by atoms with Gasteiger partial charge in [-0.25, -0.2) is 9.59 Å². The standard InChI is InChI=1S/C13H20O8.CH4.H2/c1-8(14)10(5-4-6-11(15)16)21-12(17)7-20-13(18)9(2)19-3;;/h9-10H,4-7H2,1-3H3,(H,15,16);1H4;1H/i;;1+1. The van der Waals surface area contributed by atoms with Crippen LogP contribution < -0.4 is 0 Å². The molecule has 0 heterocycles. The van der Waals surface area contributed by atoms with E-state index >= 15 is 0 Å². The second kappa shape index (κ2) is 11.7. The van der Waals surface area contributed by atoms with E-state index in [2.05, 4.69) is 4.74 Å². The van der Waals surface area contributed by atoms with E-state index in [1.54, 1.807) is 0 Å². The van der Waals surface area contributed by atoms with Crippen LogP contribution in [0.25, 0.3) is 0 Å². The van der Waals surface area contributed by atoms with Gasteiger partial charge in [0.1, 0.15) is 0 Å². The fraction of sp³-hybridized carbons (Fsp3) is 0.714. The fourth-order valence-electron chi connectivity index (χ4n) is 1.32. The molecule has 0 spiro atoms. The van der Waals surface area contributed by atoms with Crippen molar-refractivity contribution in [3.05, 3.63) is 0 Å². The SMILES string of the molecule is C.COC(C)C(=O)OCC(=O)OC(CCCC(=O)O)C(C)=O.[2HH]. The maximum absolute atomic E-state index is 11.5. The monoisotopic (exact) mass is 323 g/mol. The van der Waals surface area contributed by atoms with Gasteiger partial charge in [-0.05, 0) is 26.7 Å². The first kappa shape index (κ1) is 22.3. The van der Waals surface area contributed by atoms with Gasteiger partial charge in [-0.15, -0.1) is 0 Å². The van der Waals surface area contributed by atoms with Crippen LogP contribution >= 0.6 is 0 Å². The number of aliphatic carboxylic acids is 1. The lowest BCUT2D eigenvalue weighted by Gasteiger charge is -2.15. The molecule has 0 aliphatic rings. The number of Topliss-reactive ketones (excluding diaryl/α,β-unsaturated/α-hetero) is 1. The van der Waals surface area contributed by atoms with Gasteiger partial charge in [0.05, 0.1) is 0 Å². The number of hydrogen-bond donors (Lipinski definition) is 1. The zero-order valence-electron chi connectivity index (χ0n) is 12.3. The Labute approximate surface area is 131 Å². The summed E-state index contributed by atoms with van der Waals surface area (Å²) in [7, 11) is 1.32. The number of carboxylic acids is 1. The average molecular weight is 323 g/mol. The summed E-state index contributed by atoms with van der Waals surface area (Å²) in [6, 6.07) is 0. The molecule has 2 unspecified atom stereocenters. The number of carbonyl (C=O) groups is 4. The Balaban J connectivity index is -0.00000200. The van der Waals surface area contributed by atoms with Gasteiger partial charge in [0.25, 0.3) is 0 Å². The molecule has 130 valence electrons. The van der Waals surface area contributed by atoms with Crippen LogP contribution in [0.2, 0.25) is 0 Å². The quantitative estimate of drug-likeness (QED) is 0.596. The van der Waals surface area contributed by atoms with Crippen LogP contribution in [0, 0.1) is 0 Å². The summed E-state index contributed by atoms with van der Waals surface area (Å²) in [5.74, 6) is -2.99. The molecule has 0 aromatic heterocycles. The van der Waals surface area contributed by atoms with Crippen molar-refractivity contribution in [2.75, 3.05) is 13.7 Å². The molecule has 0 fully saturated rings. The summed E-state index contributed by atoms with van der Waals surface area (Å²) in [5.41, 5.74) is 0. The summed E-state index contributed by atoms with van der Waals surface area (Å²) in [5, 5.41) is 8.51. The lowest BCUT2D eigenvalue weighted by molar-refractivity contribution is -0.168. The van der Waals surface area contributed by atoms with E-state index in [1.807, 2.05) is 0 Å².